The Labute approximate surface area is 108 Å². The molecule has 0 aliphatic heterocycles. The van der Waals surface area contributed by atoms with Crippen molar-refractivity contribution in [1.82, 2.24) is 4.98 Å². The average molecular weight is 242 g/mol. The van der Waals surface area contributed by atoms with E-state index in [9.17, 15) is 10.1 Å². The topological polar surface area (TPSA) is 53.8 Å². The summed E-state index contributed by atoms with van der Waals surface area (Å²) in [5.74, 6) is -0.684. The van der Waals surface area contributed by atoms with Gasteiger partial charge < -0.3 is 0 Å². The Balaban J connectivity index is 2.25. The van der Waals surface area contributed by atoms with Gasteiger partial charge in [0.05, 0.1) is 11.8 Å². The van der Waals surface area contributed by atoms with Crippen molar-refractivity contribution < 1.29 is 4.79 Å². The van der Waals surface area contributed by atoms with Crippen molar-refractivity contribution in [1.29, 1.82) is 5.26 Å². The van der Waals surface area contributed by atoms with Gasteiger partial charge in [-0.15, -0.1) is 0 Å². The van der Waals surface area contributed by atoms with Crippen molar-refractivity contribution >= 4 is 5.78 Å². The molecule has 2 rings (SSSR count). The first kappa shape index (κ1) is 12.8. The molecule has 1 saturated carbocycles. The highest BCUT2D eigenvalue weighted by atomic mass is 16.1. The molecule has 1 aliphatic carbocycles. The lowest BCUT2D eigenvalue weighted by Crippen LogP contribution is -2.30. The van der Waals surface area contributed by atoms with Crippen LogP contribution in [0.4, 0.5) is 0 Å². The number of rotatable bonds is 3. The van der Waals surface area contributed by atoms with Crippen molar-refractivity contribution in [2.24, 2.45) is 11.3 Å². The van der Waals surface area contributed by atoms with Crippen molar-refractivity contribution in [3.8, 4) is 6.07 Å². The van der Waals surface area contributed by atoms with Crippen molar-refractivity contribution in [3.05, 3.63) is 30.1 Å². The molecule has 1 aromatic heterocycles. The highest BCUT2D eigenvalue weighted by molar-refractivity contribution is 5.90. The number of ketones is 1. The van der Waals surface area contributed by atoms with Gasteiger partial charge in [-0.25, -0.2) is 0 Å². The van der Waals surface area contributed by atoms with E-state index in [-0.39, 0.29) is 17.1 Å². The Morgan fingerprint density at radius 1 is 1.56 bits per heavy atom. The summed E-state index contributed by atoms with van der Waals surface area (Å²) < 4.78 is 0. The number of Topliss-reactive ketones (excluding diaryl/α,β-unsaturated/α-hetero) is 1. The molecule has 2 atom stereocenters. The van der Waals surface area contributed by atoms with Gasteiger partial charge in [-0.2, -0.15) is 5.26 Å². The zero-order valence-corrected chi connectivity index (χ0v) is 10.9. The van der Waals surface area contributed by atoms with E-state index in [2.05, 4.69) is 24.9 Å². The van der Waals surface area contributed by atoms with Gasteiger partial charge in [0.25, 0.3) is 0 Å². The van der Waals surface area contributed by atoms with Gasteiger partial charge in [0.15, 0.2) is 5.78 Å². The summed E-state index contributed by atoms with van der Waals surface area (Å²) in [4.78, 5) is 16.7. The van der Waals surface area contributed by atoms with Crippen LogP contribution in [0.5, 0.6) is 0 Å². The van der Waals surface area contributed by atoms with Crippen LogP contribution in [0.2, 0.25) is 0 Å². The Bertz CT molecular complexity index is 473. The third-order valence-electron chi connectivity index (χ3n) is 4.00. The zero-order chi connectivity index (χ0) is 13.2. The number of nitriles is 1. The Morgan fingerprint density at radius 3 is 2.83 bits per heavy atom. The molecule has 0 radical (unpaired) electrons. The van der Waals surface area contributed by atoms with E-state index >= 15 is 0 Å². The second-order valence-corrected chi connectivity index (χ2v) is 5.65. The van der Waals surface area contributed by atoms with Crippen LogP contribution in [0.1, 0.15) is 44.7 Å². The molecule has 3 heteroatoms. The molecule has 0 aromatic carbocycles. The first-order valence-corrected chi connectivity index (χ1v) is 6.40. The minimum Gasteiger partial charge on any atom is -0.297 e. The summed E-state index contributed by atoms with van der Waals surface area (Å²) >= 11 is 0. The molecule has 0 N–H and O–H groups in total. The van der Waals surface area contributed by atoms with Crippen molar-refractivity contribution in [2.75, 3.05) is 0 Å². The predicted molar refractivity (Wildman–Crippen MR) is 68.7 cm³/mol. The summed E-state index contributed by atoms with van der Waals surface area (Å²) in [6, 6.07) is 7.49. The number of carbonyl (C=O) groups excluding carboxylic acids is 1. The predicted octanol–water partition coefficient (Wildman–Crippen LogP) is 3.08. The Kier molecular flexibility index (Phi) is 3.47. The van der Waals surface area contributed by atoms with Gasteiger partial charge in [-0.1, -0.05) is 26.3 Å². The molecular weight excluding hydrogens is 224 g/mol. The van der Waals surface area contributed by atoms with Gasteiger partial charge in [0.2, 0.25) is 0 Å². The van der Waals surface area contributed by atoms with Crippen LogP contribution in [0.3, 0.4) is 0 Å². The lowest BCUT2D eigenvalue weighted by Gasteiger charge is -2.27. The molecule has 0 bridgehead atoms. The molecule has 0 saturated heterocycles. The third kappa shape index (κ3) is 2.28. The molecular formula is C15H18N2O. The molecule has 1 fully saturated rings. The van der Waals surface area contributed by atoms with Gasteiger partial charge in [-0.05, 0) is 30.4 Å². The fourth-order valence-corrected chi connectivity index (χ4v) is 2.88. The molecule has 1 aliphatic rings. The van der Waals surface area contributed by atoms with Gasteiger partial charge in [0, 0.05) is 12.1 Å². The van der Waals surface area contributed by atoms with E-state index in [1.807, 2.05) is 6.07 Å². The number of carbonyl (C=O) groups is 1. The van der Waals surface area contributed by atoms with Crippen molar-refractivity contribution in [3.63, 3.8) is 0 Å². The van der Waals surface area contributed by atoms with E-state index in [4.69, 9.17) is 0 Å². The lowest BCUT2D eigenvalue weighted by molar-refractivity contribution is -0.125. The normalized spacial score (nSPS) is 23.3. The summed E-state index contributed by atoms with van der Waals surface area (Å²) in [5.41, 5.74) is 0.591. The van der Waals surface area contributed by atoms with Gasteiger partial charge in [-0.3, -0.25) is 9.78 Å². The first-order valence-electron chi connectivity index (χ1n) is 6.40. The maximum Gasteiger partial charge on any atom is 0.159 e. The molecule has 1 heterocycles. The zero-order valence-electron chi connectivity index (χ0n) is 10.9. The fraction of sp³-hybridized carbons (Fsp3) is 0.533. The maximum absolute atomic E-state index is 12.5. The van der Waals surface area contributed by atoms with Crippen LogP contribution < -0.4 is 0 Å². The average Bonchev–Trinajstić information content (AvgIpc) is 2.71. The SMILES string of the molecule is CC1(C)CCCC1C(=O)C(C#N)c1ccccn1. The fourth-order valence-electron chi connectivity index (χ4n) is 2.88. The highest BCUT2D eigenvalue weighted by Crippen LogP contribution is 2.44. The minimum absolute atomic E-state index is 0.0100. The largest absolute Gasteiger partial charge is 0.297 e. The van der Waals surface area contributed by atoms with Crippen LogP contribution in [0.15, 0.2) is 24.4 Å². The number of pyridine rings is 1. The van der Waals surface area contributed by atoms with E-state index in [0.29, 0.717) is 5.69 Å². The van der Waals surface area contributed by atoms with Gasteiger partial charge >= 0.3 is 0 Å². The smallest absolute Gasteiger partial charge is 0.159 e. The molecule has 18 heavy (non-hydrogen) atoms. The lowest BCUT2D eigenvalue weighted by atomic mass is 9.75. The van der Waals surface area contributed by atoms with E-state index < -0.39 is 5.92 Å². The van der Waals surface area contributed by atoms with E-state index in [1.54, 1.807) is 18.3 Å². The second kappa shape index (κ2) is 4.89. The van der Waals surface area contributed by atoms with Crippen LogP contribution in [0, 0.1) is 22.7 Å². The van der Waals surface area contributed by atoms with E-state index in [1.165, 1.54) is 0 Å². The van der Waals surface area contributed by atoms with Crippen LogP contribution in [-0.4, -0.2) is 10.8 Å². The number of aromatic nitrogens is 1. The molecule has 94 valence electrons. The third-order valence-corrected chi connectivity index (χ3v) is 4.00. The van der Waals surface area contributed by atoms with Crippen molar-refractivity contribution in [2.45, 2.75) is 39.0 Å². The van der Waals surface area contributed by atoms with Gasteiger partial charge in [0.1, 0.15) is 5.92 Å². The first-order chi connectivity index (χ1) is 8.56. The second-order valence-electron chi connectivity index (χ2n) is 5.65. The number of hydrogen-bond acceptors (Lipinski definition) is 3. The Hall–Kier alpha value is -1.69. The summed E-state index contributed by atoms with van der Waals surface area (Å²) in [6.45, 7) is 4.24. The number of nitrogens with zero attached hydrogens (tertiary/aromatic N) is 2. The Morgan fingerprint density at radius 2 is 2.33 bits per heavy atom. The minimum atomic E-state index is -0.714. The number of hydrogen-bond donors (Lipinski definition) is 0. The van der Waals surface area contributed by atoms with Crippen LogP contribution in [-0.2, 0) is 4.79 Å². The summed E-state index contributed by atoms with van der Waals surface area (Å²) in [7, 11) is 0. The quantitative estimate of drug-likeness (QED) is 0.818. The highest BCUT2D eigenvalue weighted by Gasteiger charge is 2.42. The summed E-state index contributed by atoms with van der Waals surface area (Å²) in [5, 5.41) is 9.27. The van der Waals surface area contributed by atoms with Crippen LogP contribution in [0.25, 0.3) is 0 Å². The van der Waals surface area contributed by atoms with Crippen LogP contribution >= 0.6 is 0 Å². The van der Waals surface area contributed by atoms with E-state index in [0.717, 1.165) is 19.3 Å². The standard InChI is InChI=1S/C15H18N2O/c1-15(2)8-5-6-12(15)14(18)11(10-16)13-7-3-4-9-17-13/h3-4,7,9,11-12H,5-6,8H2,1-2H3. The molecule has 1 aromatic rings. The molecule has 2 unspecified atom stereocenters. The molecule has 3 nitrogen and oxygen atoms in total. The molecule has 0 amide bonds. The molecule has 0 spiro atoms. The monoisotopic (exact) mass is 242 g/mol. The summed E-state index contributed by atoms with van der Waals surface area (Å²) in [6.07, 6.45) is 4.66. The maximum atomic E-state index is 12.5.